The molecule has 5 nitrogen and oxygen atoms in total. The number of ether oxygens (including phenoxy) is 2. The van der Waals surface area contributed by atoms with Crippen LogP contribution in [0.25, 0.3) is 0 Å². The number of hydrogen-bond acceptors (Lipinski definition) is 4. The van der Waals surface area contributed by atoms with Crippen LogP contribution >= 0.6 is 0 Å². The molecule has 20 heavy (non-hydrogen) atoms. The van der Waals surface area contributed by atoms with Crippen molar-refractivity contribution in [2.75, 3.05) is 13.2 Å². The number of esters is 1. The molecule has 0 saturated carbocycles. The van der Waals surface area contributed by atoms with Crippen LogP contribution in [0.15, 0.2) is 12.7 Å². The first kappa shape index (κ1) is 16.5. The van der Waals surface area contributed by atoms with E-state index in [1.807, 2.05) is 0 Å². The maximum Gasteiger partial charge on any atom is 0.411 e. The molecule has 0 aromatic carbocycles. The lowest BCUT2D eigenvalue weighted by molar-refractivity contribution is -0.155. The summed E-state index contributed by atoms with van der Waals surface area (Å²) in [6.45, 7) is 11.7. The third-order valence-electron chi connectivity index (χ3n) is 3.24. The number of likely N-dealkylation sites (tertiary alicyclic amines) is 1. The van der Waals surface area contributed by atoms with E-state index in [4.69, 9.17) is 9.47 Å². The summed E-state index contributed by atoms with van der Waals surface area (Å²) >= 11 is 0. The molecule has 1 saturated heterocycles. The first-order valence-corrected chi connectivity index (χ1v) is 7.05. The Morgan fingerprint density at radius 2 is 2.05 bits per heavy atom. The molecule has 1 aliphatic rings. The second-order valence-corrected chi connectivity index (χ2v) is 5.98. The van der Waals surface area contributed by atoms with Crippen molar-refractivity contribution < 1.29 is 19.1 Å². The molecule has 0 aromatic rings. The third-order valence-corrected chi connectivity index (χ3v) is 3.24. The molecule has 1 fully saturated rings. The van der Waals surface area contributed by atoms with E-state index in [2.05, 4.69) is 6.58 Å². The summed E-state index contributed by atoms with van der Waals surface area (Å²) in [5.74, 6) is -0.372. The van der Waals surface area contributed by atoms with Gasteiger partial charge in [-0.15, -0.1) is 6.58 Å². The van der Waals surface area contributed by atoms with Gasteiger partial charge in [-0.3, -0.25) is 4.90 Å². The van der Waals surface area contributed by atoms with Crippen LogP contribution in [0, 0.1) is 0 Å². The maximum absolute atomic E-state index is 12.3. The quantitative estimate of drug-likeness (QED) is 0.588. The van der Waals surface area contributed by atoms with E-state index in [0.29, 0.717) is 26.0 Å². The van der Waals surface area contributed by atoms with Gasteiger partial charge in [-0.1, -0.05) is 6.08 Å². The molecule has 0 unspecified atom stereocenters. The second kappa shape index (κ2) is 6.29. The smallest absolute Gasteiger partial charge is 0.411 e. The van der Waals surface area contributed by atoms with Gasteiger partial charge < -0.3 is 9.47 Å². The summed E-state index contributed by atoms with van der Waals surface area (Å²) in [5.41, 5.74) is -1.55. The minimum Gasteiger partial charge on any atom is -0.464 e. The Labute approximate surface area is 120 Å². The van der Waals surface area contributed by atoms with Crippen molar-refractivity contribution >= 4 is 12.1 Å². The molecule has 0 N–H and O–H groups in total. The number of carbonyl (C=O) groups excluding carboxylic acids is 2. The Kier molecular flexibility index (Phi) is 5.20. The van der Waals surface area contributed by atoms with E-state index in [9.17, 15) is 9.59 Å². The molecule has 1 rings (SSSR count). The molecule has 5 heteroatoms. The molecule has 0 aromatic heterocycles. The summed E-state index contributed by atoms with van der Waals surface area (Å²) in [6.07, 6.45) is 2.90. The van der Waals surface area contributed by atoms with Crippen LogP contribution < -0.4 is 0 Å². The van der Waals surface area contributed by atoms with Gasteiger partial charge in [-0.05, 0) is 47.0 Å². The highest BCUT2D eigenvalue weighted by Gasteiger charge is 2.51. The predicted molar refractivity (Wildman–Crippen MR) is 76.4 cm³/mol. The van der Waals surface area contributed by atoms with Crippen LogP contribution in [-0.4, -0.2) is 41.3 Å². The van der Waals surface area contributed by atoms with E-state index in [-0.39, 0.29) is 5.97 Å². The molecule has 0 bridgehead atoms. The highest BCUT2D eigenvalue weighted by molar-refractivity contribution is 5.86. The topological polar surface area (TPSA) is 55.8 Å². The van der Waals surface area contributed by atoms with Gasteiger partial charge in [-0.2, -0.15) is 0 Å². The first-order valence-electron chi connectivity index (χ1n) is 7.05. The summed E-state index contributed by atoms with van der Waals surface area (Å²) in [4.78, 5) is 26.1. The van der Waals surface area contributed by atoms with Crippen molar-refractivity contribution in [3.63, 3.8) is 0 Å². The normalized spacial score (nSPS) is 22.5. The zero-order valence-electron chi connectivity index (χ0n) is 12.9. The van der Waals surface area contributed by atoms with Crippen molar-refractivity contribution in [2.24, 2.45) is 0 Å². The number of rotatable bonds is 4. The van der Waals surface area contributed by atoms with Gasteiger partial charge in [0.2, 0.25) is 0 Å². The van der Waals surface area contributed by atoms with Gasteiger partial charge in [-0.25, -0.2) is 9.59 Å². The van der Waals surface area contributed by atoms with Crippen LogP contribution in [0.1, 0.15) is 47.0 Å². The predicted octanol–water partition coefficient (Wildman–Crippen LogP) is 2.90. The van der Waals surface area contributed by atoms with E-state index in [0.717, 1.165) is 6.42 Å². The van der Waals surface area contributed by atoms with Gasteiger partial charge in [0, 0.05) is 6.54 Å². The maximum atomic E-state index is 12.3. The van der Waals surface area contributed by atoms with Gasteiger partial charge in [0.15, 0.2) is 0 Å². The van der Waals surface area contributed by atoms with E-state index >= 15 is 0 Å². The fraction of sp³-hybridized carbons (Fsp3) is 0.733. The molecular weight excluding hydrogens is 258 g/mol. The monoisotopic (exact) mass is 283 g/mol. The summed E-state index contributed by atoms with van der Waals surface area (Å²) in [6, 6.07) is 0. The standard InChI is InChI=1S/C15H25NO4/c1-6-9-15(12(17)19-7-2)10-8-11-16(15)13(18)20-14(3,4)5/h6H,1,7-11H2,2-5H3/t15-/m1/s1. The largest absolute Gasteiger partial charge is 0.464 e. The average molecular weight is 283 g/mol. The lowest BCUT2D eigenvalue weighted by atomic mass is 9.92. The zero-order chi connectivity index (χ0) is 15.4. The Bertz CT molecular complexity index is 386. The van der Waals surface area contributed by atoms with Crippen molar-refractivity contribution in [3.05, 3.63) is 12.7 Å². The molecule has 1 aliphatic heterocycles. The minimum absolute atomic E-state index is 0.292. The molecule has 1 amide bonds. The van der Waals surface area contributed by atoms with Crippen LogP contribution in [0.3, 0.4) is 0 Å². The van der Waals surface area contributed by atoms with Gasteiger partial charge in [0.05, 0.1) is 6.61 Å². The fourth-order valence-corrected chi connectivity index (χ4v) is 2.47. The summed E-state index contributed by atoms with van der Waals surface area (Å²) < 4.78 is 10.6. The van der Waals surface area contributed by atoms with Crippen molar-refractivity contribution in [1.82, 2.24) is 4.90 Å². The molecule has 1 atom stereocenters. The van der Waals surface area contributed by atoms with Crippen LogP contribution in [0.5, 0.6) is 0 Å². The number of amides is 1. The van der Waals surface area contributed by atoms with Crippen LogP contribution in [-0.2, 0) is 14.3 Å². The average Bonchev–Trinajstić information content (AvgIpc) is 2.72. The van der Waals surface area contributed by atoms with Crippen molar-refractivity contribution in [1.29, 1.82) is 0 Å². The molecule has 0 spiro atoms. The number of carbonyl (C=O) groups is 2. The first-order chi connectivity index (χ1) is 9.27. The second-order valence-electron chi connectivity index (χ2n) is 5.98. The van der Waals surface area contributed by atoms with Crippen molar-refractivity contribution in [2.45, 2.75) is 58.1 Å². The third kappa shape index (κ3) is 3.52. The highest BCUT2D eigenvalue weighted by atomic mass is 16.6. The lowest BCUT2D eigenvalue weighted by Crippen LogP contribution is -2.54. The summed E-state index contributed by atoms with van der Waals surface area (Å²) in [5, 5.41) is 0. The summed E-state index contributed by atoms with van der Waals surface area (Å²) in [7, 11) is 0. The zero-order valence-corrected chi connectivity index (χ0v) is 12.9. The molecule has 0 aliphatic carbocycles. The molecule has 114 valence electrons. The fourth-order valence-electron chi connectivity index (χ4n) is 2.47. The van der Waals surface area contributed by atoms with Gasteiger partial charge >= 0.3 is 12.1 Å². The Morgan fingerprint density at radius 1 is 1.40 bits per heavy atom. The minimum atomic E-state index is -0.958. The number of hydrogen-bond donors (Lipinski definition) is 0. The van der Waals surface area contributed by atoms with Gasteiger partial charge in [0.1, 0.15) is 11.1 Å². The van der Waals surface area contributed by atoms with E-state index < -0.39 is 17.2 Å². The Hall–Kier alpha value is -1.52. The highest BCUT2D eigenvalue weighted by Crippen LogP contribution is 2.35. The van der Waals surface area contributed by atoms with E-state index in [1.165, 1.54) is 4.90 Å². The molecule has 0 radical (unpaired) electrons. The van der Waals surface area contributed by atoms with Crippen LogP contribution in [0.4, 0.5) is 4.79 Å². The van der Waals surface area contributed by atoms with E-state index in [1.54, 1.807) is 33.8 Å². The van der Waals surface area contributed by atoms with Crippen LogP contribution in [0.2, 0.25) is 0 Å². The lowest BCUT2D eigenvalue weighted by Gasteiger charge is -2.36. The molecule has 1 heterocycles. The SMILES string of the molecule is C=CC[C@]1(C(=O)OCC)CCCN1C(=O)OC(C)(C)C. The Morgan fingerprint density at radius 3 is 2.55 bits per heavy atom. The van der Waals surface area contributed by atoms with Crippen molar-refractivity contribution in [3.8, 4) is 0 Å². The molecular formula is C15H25NO4. The number of nitrogens with zero attached hydrogens (tertiary/aromatic N) is 1. The Balaban J connectivity index is 3.00. The van der Waals surface area contributed by atoms with Gasteiger partial charge in [0.25, 0.3) is 0 Å².